The van der Waals surface area contributed by atoms with Crippen LogP contribution >= 0.6 is 11.6 Å². The Balaban J connectivity index is 1.20. The molecule has 2 aliphatic rings. The van der Waals surface area contributed by atoms with E-state index >= 15 is 0 Å². The molecule has 42 heavy (non-hydrogen) atoms. The summed E-state index contributed by atoms with van der Waals surface area (Å²) < 4.78 is 39.4. The van der Waals surface area contributed by atoms with Gasteiger partial charge in [-0.05, 0) is 44.2 Å². The fourth-order valence-electron chi connectivity index (χ4n) is 5.08. The van der Waals surface area contributed by atoms with E-state index in [9.17, 15) is 17.6 Å². The lowest BCUT2D eigenvalue weighted by Gasteiger charge is -2.42. The second-order valence-corrected chi connectivity index (χ2v) is 12.7. The standard InChI is InChI=1S/C27H33ClFN9O3S/c1-36-11-13-37(14-12-36)20-7-9-38(10-8-20)24-6-3-18(16-30-24)26(39)34-27-31-17-21(28)25(33-27)32-22-5-4-19(29)15-23(22)35-42(2,40)41/h3-6,15-17,20,35H,7-14H2,1-2H3,(H2,31,32,33,34,39). The average Bonchev–Trinajstić information content (AvgIpc) is 2.96. The molecule has 15 heteroatoms. The molecule has 12 nitrogen and oxygen atoms in total. The van der Waals surface area contributed by atoms with Gasteiger partial charge >= 0.3 is 0 Å². The van der Waals surface area contributed by atoms with Crippen LogP contribution in [0, 0.1) is 5.82 Å². The van der Waals surface area contributed by atoms with E-state index in [2.05, 4.69) is 52.1 Å². The zero-order chi connectivity index (χ0) is 29.9. The number of rotatable bonds is 8. The van der Waals surface area contributed by atoms with Crippen LogP contribution < -0.4 is 20.3 Å². The first-order chi connectivity index (χ1) is 20.0. The molecular formula is C27H33ClFN9O3S. The molecule has 0 spiro atoms. The van der Waals surface area contributed by atoms with E-state index in [0.29, 0.717) is 11.6 Å². The summed E-state index contributed by atoms with van der Waals surface area (Å²) in [4.78, 5) is 33.0. The molecule has 4 heterocycles. The van der Waals surface area contributed by atoms with Crippen molar-refractivity contribution in [1.82, 2.24) is 24.8 Å². The third-order valence-corrected chi connectivity index (χ3v) is 8.22. The van der Waals surface area contributed by atoms with Gasteiger partial charge in [-0.25, -0.2) is 22.8 Å². The summed E-state index contributed by atoms with van der Waals surface area (Å²) in [6.45, 7) is 6.29. The summed E-state index contributed by atoms with van der Waals surface area (Å²) in [6, 6.07) is 7.66. The van der Waals surface area contributed by atoms with E-state index in [4.69, 9.17) is 11.6 Å². The van der Waals surface area contributed by atoms with E-state index in [1.807, 2.05) is 6.07 Å². The fourth-order valence-corrected chi connectivity index (χ4v) is 5.79. The lowest BCUT2D eigenvalue weighted by molar-refractivity contribution is 0.0981. The number of sulfonamides is 1. The van der Waals surface area contributed by atoms with Crippen molar-refractivity contribution in [2.24, 2.45) is 0 Å². The summed E-state index contributed by atoms with van der Waals surface area (Å²) in [5, 5.41) is 5.59. The molecule has 0 aliphatic carbocycles. The smallest absolute Gasteiger partial charge is 0.259 e. The number of piperazine rings is 1. The van der Waals surface area contributed by atoms with Crippen molar-refractivity contribution in [1.29, 1.82) is 0 Å². The second-order valence-electron chi connectivity index (χ2n) is 10.5. The number of halogens is 2. The van der Waals surface area contributed by atoms with Crippen LogP contribution in [0.1, 0.15) is 23.2 Å². The highest BCUT2D eigenvalue weighted by molar-refractivity contribution is 7.92. The molecule has 2 saturated heterocycles. The molecule has 5 rings (SSSR count). The zero-order valence-electron chi connectivity index (χ0n) is 23.3. The Bertz CT molecular complexity index is 1530. The first-order valence-corrected chi connectivity index (χ1v) is 15.8. The Morgan fingerprint density at radius 2 is 1.74 bits per heavy atom. The number of piperidine rings is 1. The van der Waals surface area contributed by atoms with Crippen LogP contribution in [0.4, 0.5) is 33.3 Å². The first-order valence-electron chi connectivity index (χ1n) is 13.6. The van der Waals surface area contributed by atoms with Crippen molar-refractivity contribution in [3.63, 3.8) is 0 Å². The van der Waals surface area contributed by atoms with Crippen molar-refractivity contribution in [3.05, 3.63) is 59.1 Å². The largest absolute Gasteiger partial charge is 0.357 e. The quantitative estimate of drug-likeness (QED) is 0.346. The Labute approximate surface area is 249 Å². The fraction of sp³-hybridized carbons (Fsp3) is 0.407. The van der Waals surface area contributed by atoms with Crippen LogP contribution in [0.15, 0.2) is 42.7 Å². The number of amides is 1. The van der Waals surface area contributed by atoms with Crippen molar-refractivity contribution in [2.45, 2.75) is 18.9 Å². The van der Waals surface area contributed by atoms with Gasteiger partial charge in [0.2, 0.25) is 16.0 Å². The third-order valence-electron chi connectivity index (χ3n) is 7.35. The molecule has 2 aliphatic heterocycles. The van der Waals surface area contributed by atoms with E-state index in [-0.39, 0.29) is 28.2 Å². The van der Waals surface area contributed by atoms with Crippen molar-refractivity contribution in [2.75, 3.05) is 72.8 Å². The number of likely N-dealkylation sites (N-methyl/N-ethyl adjacent to an activating group) is 1. The number of benzene rings is 1. The maximum absolute atomic E-state index is 13.8. The Morgan fingerprint density at radius 3 is 2.40 bits per heavy atom. The molecule has 1 amide bonds. The normalized spacial score (nSPS) is 17.2. The van der Waals surface area contributed by atoms with Crippen LogP contribution in [0.3, 0.4) is 0 Å². The maximum atomic E-state index is 13.8. The van der Waals surface area contributed by atoms with Crippen molar-refractivity contribution in [3.8, 4) is 0 Å². The van der Waals surface area contributed by atoms with Gasteiger partial charge in [0, 0.05) is 57.6 Å². The number of hydrogen-bond acceptors (Lipinski definition) is 10. The molecule has 3 N–H and O–H groups in total. The number of pyridine rings is 1. The van der Waals surface area contributed by atoms with Gasteiger partial charge in [0.15, 0.2) is 5.82 Å². The van der Waals surface area contributed by atoms with Gasteiger partial charge in [0.05, 0.1) is 29.4 Å². The van der Waals surface area contributed by atoms with Gasteiger partial charge in [0.25, 0.3) is 5.91 Å². The Hall–Kier alpha value is -3.59. The predicted octanol–water partition coefficient (Wildman–Crippen LogP) is 3.25. The molecule has 2 fully saturated rings. The maximum Gasteiger partial charge on any atom is 0.259 e. The van der Waals surface area contributed by atoms with Crippen LogP contribution in [-0.4, -0.2) is 97.7 Å². The van der Waals surface area contributed by atoms with Gasteiger partial charge in [-0.3, -0.25) is 19.7 Å². The lowest BCUT2D eigenvalue weighted by atomic mass is 10.0. The van der Waals surface area contributed by atoms with Crippen molar-refractivity contribution >= 4 is 56.5 Å². The van der Waals surface area contributed by atoms with Gasteiger partial charge in [-0.1, -0.05) is 11.6 Å². The number of carbonyl (C=O) groups excluding carboxylic acids is 1. The zero-order valence-corrected chi connectivity index (χ0v) is 24.9. The van der Waals surface area contributed by atoms with E-state index < -0.39 is 21.7 Å². The van der Waals surface area contributed by atoms with Gasteiger partial charge in [-0.15, -0.1) is 0 Å². The Morgan fingerprint density at radius 1 is 1.00 bits per heavy atom. The molecule has 0 radical (unpaired) electrons. The Kier molecular flexibility index (Phi) is 9.06. The van der Waals surface area contributed by atoms with E-state index in [0.717, 1.165) is 76.3 Å². The highest BCUT2D eigenvalue weighted by Gasteiger charge is 2.27. The number of nitrogens with zero attached hydrogens (tertiary/aromatic N) is 6. The minimum absolute atomic E-state index is 0.0347. The number of hydrogen-bond donors (Lipinski definition) is 3. The summed E-state index contributed by atoms with van der Waals surface area (Å²) in [5.41, 5.74) is 0.497. The topological polar surface area (TPSA) is 136 Å². The average molecular weight is 618 g/mol. The summed E-state index contributed by atoms with van der Waals surface area (Å²) in [6.07, 6.45) is 5.93. The molecular weight excluding hydrogens is 585 g/mol. The molecule has 0 unspecified atom stereocenters. The SMILES string of the molecule is CN1CCN(C2CCN(c3ccc(C(=O)Nc4ncc(Cl)c(Nc5ccc(F)cc5NS(C)(=O)=O)n4)cn3)CC2)CC1. The monoisotopic (exact) mass is 617 g/mol. The predicted molar refractivity (Wildman–Crippen MR) is 162 cm³/mol. The molecule has 3 aromatic rings. The number of carbonyl (C=O) groups is 1. The van der Waals surface area contributed by atoms with Crippen LogP contribution in [0.2, 0.25) is 5.02 Å². The lowest BCUT2D eigenvalue weighted by Crippen LogP contribution is -2.52. The van der Waals surface area contributed by atoms with Gasteiger partial charge < -0.3 is 15.1 Å². The number of aromatic nitrogens is 3. The highest BCUT2D eigenvalue weighted by atomic mass is 35.5. The van der Waals surface area contributed by atoms with Crippen LogP contribution in [0.5, 0.6) is 0 Å². The number of nitrogens with one attached hydrogen (secondary N) is 3. The first kappa shape index (κ1) is 29.9. The molecule has 0 atom stereocenters. The molecule has 0 bridgehead atoms. The van der Waals surface area contributed by atoms with Gasteiger partial charge in [-0.2, -0.15) is 4.98 Å². The minimum Gasteiger partial charge on any atom is -0.357 e. The van der Waals surface area contributed by atoms with E-state index in [1.54, 1.807) is 6.07 Å². The molecule has 0 saturated carbocycles. The van der Waals surface area contributed by atoms with E-state index in [1.165, 1.54) is 18.5 Å². The minimum atomic E-state index is -3.68. The third kappa shape index (κ3) is 7.62. The molecule has 224 valence electrons. The molecule has 2 aromatic heterocycles. The highest BCUT2D eigenvalue weighted by Crippen LogP contribution is 2.30. The van der Waals surface area contributed by atoms with Crippen LogP contribution in [0.25, 0.3) is 0 Å². The molecule has 1 aromatic carbocycles. The summed E-state index contributed by atoms with van der Waals surface area (Å²) in [5.74, 6) is -0.226. The summed E-state index contributed by atoms with van der Waals surface area (Å²) in [7, 11) is -1.52. The van der Waals surface area contributed by atoms with Crippen molar-refractivity contribution < 1.29 is 17.6 Å². The second kappa shape index (κ2) is 12.7. The van der Waals surface area contributed by atoms with Crippen LogP contribution in [-0.2, 0) is 10.0 Å². The van der Waals surface area contributed by atoms with Gasteiger partial charge in [0.1, 0.15) is 16.7 Å². The summed E-state index contributed by atoms with van der Waals surface area (Å²) >= 11 is 6.23. The number of anilines is 5.